The van der Waals surface area contributed by atoms with E-state index in [2.05, 4.69) is 39.8 Å². The van der Waals surface area contributed by atoms with E-state index in [0.29, 0.717) is 11.8 Å². The van der Waals surface area contributed by atoms with Gasteiger partial charge < -0.3 is 13.6 Å². The van der Waals surface area contributed by atoms with Gasteiger partial charge in [0.05, 0.1) is 0 Å². The molecule has 0 amide bonds. The van der Waals surface area contributed by atoms with Crippen molar-refractivity contribution < 1.29 is 13.6 Å². The van der Waals surface area contributed by atoms with Crippen LogP contribution in [0.15, 0.2) is 78.9 Å². The van der Waals surface area contributed by atoms with E-state index in [4.69, 9.17) is 13.6 Å². The summed E-state index contributed by atoms with van der Waals surface area (Å²) in [5.41, 5.74) is 2.26. The predicted molar refractivity (Wildman–Crippen MR) is 116 cm³/mol. The highest BCUT2D eigenvalue weighted by atomic mass is 31.2. The van der Waals surface area contributed by atoms with E-state index in [1.54, 1.807) is 0 Å². The molecule has 0 heterocycles. The van der Waals surface area contributed by atoms with E-state index >= 15 is 0 Å². The molecule has 3 rings (SSSR count). The quantitative estimate of drug-likeness (QED) is 0.366. The van der Waals surface area contributed by atoms with Gasteiger partial charge >= 0.3 is 8.60 Å². The van der Waals surface area contributed by atoms with Gasteiger partial charge in [0, 0.05) is 0 Å². The fourth-order valence-corrected chi connectivity index (χ4v) is 3.92. The second kappa shape index (κ2) is 9.61. The van der Waals surface area contributed by atoms with E-state index in [-0.39, 0.29) is 0 Å². The molecule has 0 fully saturated rings. The minimum absolute atomic E-state index is 0.340. The Morgan fingerprint density at radius 1 is 0.536 bits per heavy atom. The summed E-state index contributed by atoms with van der Waals surface area (Å²) in [6.45, 7) is 8.60. The van der Waals surface area contributed by atoms with Crippen molar-refractivity contribution in [2.75, 3.05) is 0 Å². The predicted octanol–water partition coefficient (Wildman–Crippen LogP) is 7.70. The molecule has 0 bridgehead atoms. The van der Waals surface area contributed by atoms with Gasteiger partial charge in [-0.1, -0.05) is 82.3 Å². The molecule has 0 saturated heterocycles. The summed E-state index contributed by atoms with van der Waals surface area (Å²) in [7, 11) is -1.67. The summed E-state index contributed by atoms with van der Waals surface area (Å²) in [4.78, 5) is 0. The zero-order valence-corrected chi connectivity index (χ0v) is 17.7. The fraction of sp³-hybridized carbons (Fsp3) is 0.250. The van der Waals surface area contributed by atoms with Crippen molar-refractivity contribution >= 4 is 8.60 Å². The Balaban J connectivity index is 1.90. The van der Waals surface area contributed by atoms with Gasteiger partial charge in [0.15, 0.2) is 0 Å². The van der Waals surface area contributed by atoms with Crippen molar-refractivity contribution in [3.05, 3.63) is 90.0 Å². The Hall–Kier alpha value is -2.51. The first-order valence-corrected chi connectivity index (χ1v) is 10.7. The summed E-state index contributed by atoms with van der Waals surface area (Å²) in [5, 5.41) is 0. The molecule has 0 aliphatic heterocycles. The molecule has 0 spiro atoms. The van der Waals surface area contributed by atoms with Crippen LogP contribution >= 0.6 is 8.60 Å². The van der Waals surface area contributed by atoms with E-state index in [9.17, 15) is 0 Å². The zero-order chi connectivity index (χ0) is 19.9. The zero-order valence-electron chi connectivity index (χ0n) is 16.8. The van der Waals surface area contributed by atoms with Crippen LogP contribution < -0.4 is 13.6 Å². The number of hydrogen-bond donors (Lipinski definition) is 0. The molecular weight excluding hydrogens is 367 g/mol. The average molecular weight is 394 g/mol. The molecule has 0 N–H and O–H groups in total. The van der Waals surface area contributed by atoms with Gasteiger partial charge in [-0.05, 0) is 47.2 Å². The topological polar surface area (TPSA) is 27.7 Å². The van der Waals surface area contributed by atoms with Gasteiger partial charge in [-0.2, -0.15) is 0 Å². The van der Waals surface area contributed by atoms with Crippen LogP contribution in [0.5, 0.6) is 17.2 Å². The molecule has 0 aliphatic rings. The maximum Gasteiger partial charge on any atom is 0.530 e. The van der Waals surface area contributed by atoms with E-state index in [1.807, 2.05) is 66.7 Å². The average Bonchev–Trinajstić information content (AvgIpc) is 2.69. The minimum Gasteiger partial charge on any atom is -0.409 e. The number of benzene rings is 3. The SMILES string of the molecule is CC(C)c1ccccc1OP(Oc1ccccc1)Oc1ccccc1C(C)C. The van der Waals surface area contributed by atoms with Crippen LogP contribution in [0, 0.1) is 0 Å². The summed E-state index contributed by atoms with van der Waals surface area (Å²) < 4.78 is 18.7. The largest absolute Gasteiger partial charge is 0.530 e. The smallest absolute Gasteiger partial charge is 0.409 e. The molecule has 0 saturated carbocycles. The molecule has 4 heteroatoms. The van der Waals surface area contributed by atoms with Gasteiger partial charge in [-0.25, -0.2) is 0 Å². The third-order valence-corrected chi connectivity index (χ3v) is 5.40. The molecule has 0 aromatic heterocycles. The highest BCUT2D eigenvalue weighted by Gasteiger charge is 2.23. The molecule has 146 valence electrons. The summed E-state index contributed by atoms with van der Waals surface area (Å²) in [6, 6.07) is 25.7. The first-order valence-electron chi connectivity index (χ1n) is 9.61. The molecule has 28 heavy (non-hydrogen) atoms. The lowest BCUT2D eigenvalue weighted by atomic mass is 10.0. The molecule has 3 aromatic carbocycles. The van der Waals surface area contributed by atoms with Crippen molar-refractivity contribution in [1.29, 1.82) is 0 Å². The highest BCUT2D eigenvalue weighted by Crippen LogP contribution is 2.45. The summed E-state index contributed by atoms with van der Waals surface area (Å²) >= 11 is 0. The lowest BCUT2D eigenvalue weighted by Gasteiger charge is -2.22. The van der Waals surface area contributed by atoms with Crippen LogP contribution in [0.3, 0.4) is 0 Å². The van der Waals surface area contributed by atoms with Crippen LogP contribution in [-0.2, 0) is 0 Å². The van der Waals surface area contributed by atoms with E-state index < -0.39 is 8.60 Å². The lowest BCUT2D eigenvalue weighted by molar-refractivity contribution is 0.383. The second-order valence-corrected chi connectivity index (χ2v) is 8.19. The Labute approximate surface area is 169 Å². The van der Waals surface area contributed by atoms with Crippen molar-refractivity contribution in [1.82, 2.24) is 0 Å². The molecular formula is C24H27O3P. The van der Waals surface area contributed by atoms with Gasteiger partial charge in [-0.3, -0.25) is 0 Å². The van der Waals surface area contributed by atoms with E-state index in [1.165, 1.54) is 0 Å². The molecule has 0 atom stereocenters. The Morgan fingerprint density at radius 2 is 0.964 bits per heavy atom. The molecule has 0 aliphatic carbocycles. The molecule has 3 nitrogen and oxygen atoms in total. The molecule has 3 aromatic rings. The van der Waals surface area contributed by atoms with Crippen LogP contribution in [0.1, 0.15) is 50.7 Å². The van der Waals surface area contributed by atoms with Crippen LogP contribution in [0.2, 0.25) is 0 Å². The van der Waals surface area contributed by atoms with Crippen molar-refractivity contribution in [2.24, 2.45) is 0 Å². The first kappa shape index (κ1) is 20.2. The number of hydrogen-bond acceptors (Lipinski definition) is 3. The minimum atomic E-state index is -1.67. The van der Waals surface area contributed by atoms with Gasteiger partial charge in [0.1, 0.15) is 17.2 Å². The van der Waals surface area contributed by atoms with Crippen molar-refractivity contribution in [3.8, 4) is 17.2 Å². The van der Waals surface area contributed by atoms with Crippen LogP contribution in [0.25, 0.3) is 0 Å². The molecule has 0 unspecified atom stereocenters. The fourth-order valence-electron chi connectivity index (χ4n) is 2.87. The van der Waals surface area contributed by atoms with Gasteiger partial charge in [-0.15, -0.1) is 0 Å². The lowest BCUT2D eigenvalue weighted by Crippen LogP contribution is -2.05. The van der Waals surface area contributed by atoms with E-state index in [0.717, 1.165) is 28.4 Å². The Bertz CT molecular complexity index is 824. The van der Waals surface area contributed by atoms with Crippen LogP contribution in [-0.4, -0.2) is 0 Å². The monoisotopic (exact) mass is 394 g/mol. The first-order chi connectivity index (χ1) is 13.5. The summed E-state index contributed by atoms with van der Waals surface area (Å²) in [5.74, 6) is 2.99. The standard InChI is InChI=1S/C24H27O3P/c1-18(2)21-14-8-10-16-23(21)26-28(25-20-12-6-5-7-13-20)27-24-17-11-9-15-22(24)19(3)4/h5-19H,1-4H3. The number of rotatable bonds is 8. The van der Waals surface area contributed by atoms with Gasteiger partial charge in [0.2, 0.25) is 0 Å². The second-order valence-electron chi connectivity index (χ2n) is 7.20. The Morgan fingerprint density at radius 3 is 1.43 bits per heavy atom. The Kier molecular flexibility index (Phi) is 6.95. The number of para-hydroxylation sites is 3. The third-order valence-electron chi connectivity index (χ3n) is 4.35. The highest BCUT2D eigenvalue weighted by molar-refractivity contribution is 7.43. The maximum absolute atomic E-state index is 6.27. The van der Waals surface area contributed by atoms with Crippen LogP contribution in [0.4, 0.5) is 0 Å². The third kappa shape index (κ3) is 5.27. The molecule has 0 radical (unpaired) electrons. The van der Waals surface area contributed by atoms with Crippen molar-refractivity contribution in [2.45, 2.75) is 39.5 Å². The van der Waals surface area contributed by atoms with Gasteiger partial charge in [0.25, 0.3) is 0 Å². The normalized spacial score (nSPS) is 11.1. The van der Waals surface area contributed by atoms with Crippen molar-refractivity contribution in [3.63, 3.8) is 0 Å². The maximum atomic E-state index is 6.27. The summed E-state index contributed by atoms with van der Waals surface area (Å²) in [6.07, 6.45) is 0.